The summed E-state index contributed by atoms with van der Waals surface area (Å²) in [6, 6.07) is 12.4. The van der Waals surface area contributed by atoms with Crippen molar-refractivity contribution in [1.82, 2.24) is 19.9 Å². The molecule has 1 aliphatic rings. The molecule has 0 radical (unpaired) electrons. The quantitative estimate of drug-likeness (QED) is 0.270. The van der Waals surface area contributed by atoms with Gasteiger partial charge in [0, 0.05) is 57.0 Å². The van der Waals surface area contributed by atoms with Crippen LogP contribution in [-0.4, -0.2) is 77.2 Å². The minimum atomic E-state index is -0.485. The van der Waals surface area contributed by atoms with Gasteiger partial charge in [0.1, 0.15) is 5.69 Å². The summed E-state index contributed by atoms with van der Waals surface area (Å²) in [5.41, 5.74) is 2.57. The lowest BCUT2D eigenvalue weighted by molar-refractivity contribution is -0.384. The number of carbonyl (C=O) groups excluding carboxylic acids is 1. The normalized spacial score (nSPS) is 15.0. The number of aryl methyl sites for hydroxylation is 1. The number of carbonyl (C=O) groups is 1. The molecule has 1 atom stereocenters. The topological polar surface area (TPSA) is 127 Å². The summed E-state index contributed by atoms with van der Waals surface area (Å²) in [7, 11) is 1.56. The van der Waals surface area contributed by atoms with Crippen molar-refractivity contribution in [3.05, 3.63) is 69.6 Å². The van der Waals surface area contributed by atoms with Crippen molar-refractivity contribution in [2.45, 2.75) is 19.9 Å². The van der Waals surface area contributed by atoms with E-state index in [1.807, 2.05) is 38.1 Å². The molecular formula is C25H30N6O5. The third kappa shape index (κ3) is 5.69. The molecule has 4 rings (SSSR count). The predicted molar refractivity (Wildman–Crippen MR) is 134 cm³/mol. The van der Waals surface area contributed by atoms with Crippen molar-refractivity contribution < 1.29 is 19.0 Å². The number of anilines is 1. The second-order valence-electron chi connectivity index (χ2n) is 8.74. The molecule has 36 heavy (non-hydrogen) atoms. The highest BCUT2D eigenvalue weighted by Gasteiger charge is 2.29. The van der Waals surface area contributed by atoms with E-state index < -0.39 is 4.92 Å². The van der Waals surface area contributed by atoms with E-state index in [4.69, 9.17) is 9.26 Å². The first-order valence-corrected chi connectivity index (χ1v) is 11.8. The van der Waals surface area contributed by atoms with Crippen LogP contribution in [0.15, 0.2) is 47.0 Å². The average molecular weight is 495 g/mol. The van der Waals surface area contributed by atoms with Gasteiger partial charge < -0.3 is 19.5 Å². The van der Waals surface area contributed by atoms with E-state index in [0.29, 0.717) is 62.3 Å². The number of benzene rings is 2. The van der Waals surface area contributed by atoms with Gasteiger partial charge in [0.25, 0.3) is 11.6 Å². The molecule has 1 amide bonds. The second-order valence-corrected chi connectivity index (χ2v) is 8.74. The van der Waals surface area contributed by atoms with Gasteiger partial charge in [0.2, 0.25) is 11.7 Å². The van der Waals surface area contributed by atoms with E-state index >= 15 is 0 Å². The van der Waals surface area contributed by atoms with Crippen molar-refractivity contribution in [3.8, 4) is 11.4 Å². The highest BCUT2D eigenvalue weighted by molar-refractivity contribution is 5.95. The fraction of sp³-hybridized carbons (Fsp3) is 0.400. The lowest BCUT2D eigenvalue weighted by Crippen LogP contribution is -2.49. The molecule has 0 aliphatic carbocycles. The zero-order valence-corrected chi connectivity index (χ0v) is 20.6. The van der Waals surface area contributed by atoms with Crippen molar-refractivity contribution in [2.75, 3.05) is 51.8 Å². The highest BCUT2D eigenvalue weighted by atomic mass is 16.6. The van der Waals surface area contributed by atoms with Gasteiger partial charge in [-0.2, -0.15) is 4.98 Å². The number of nitro benzene ring substituents is 1. The Hall–Kier alpha value is -3.83. The largest absolute Gasteiger partial charge is 0.383 e. The maximum Gasteiger partial charge on any atom is 0.293 e. The van der Waals surface area contributed by atoms with Gasteiger partial charge >= 0.3 is 0 Å². The number of nitrogens with one attached hydrogen (secondary N) is 1. The number of rotatable bonds is 9. The molecule has 11 heteroatoms. The molecule has 3 aromatic rings. The van der Waals surface area contributed by atoms with Crippen LogP contribution in [-0.2, 0) is 4.74 Å². The van der Waals surface area contributed by atoms with Crippen LogP contribution in [0.3, 0.4) is 0 Å². The number of amides is 1. The van der Waals surface area contributed by atoms with Gasteiger partial charge in [0.05, 0.1) is 17.6 Å². The Morgan fingerprint density at radius 1 is 1.19 bits per heavy atom. The predicted octanol–water partition coefficient (Wildman–Crippen LogP) is 3.53. The summed E-state index contributed by atoms with van der Waals surface area (Å²) in [6.45, 7) is 7.09. The Kier molecular flexibility index (Phi) is 7.91. The van der Waals surface area contributed by atoms with Gasteiger partial charge in [0.15, 0.2) is 0 Å². The number of nitrogens with zero attached hydrogens (tertiary/aromatic N) is 5. The van der Waals surface area contributed by atoms with Gasteiger partial charge in [-0.1, -0.05) is 35.0 Å². The van der Waals surface area contributed by atoms with Crippen molar-refractivity contribution in [3.63, 3.8) is 0 Å². The smallest absolute Gasteiger partial charge is 0.293 e. The van der Waals surface area contributed by atoms with Crippen molar-refractivity contribution in [2.24, 2.45) is 0 Å². The Morgan fingerprint density at radius 2 is 1.92 bits per heavy atom. The van der Waals surface area contributed by atoms with Crippen LogP contribution in [0, 0.1) is 17.0 Å². The number of piperazine rings is 1. The summed E-state index contributed by atoms with van der Waals surface area (Å²) in [6.07, 6.45) is 0. The van der Waals surface area contributed by atoms with E-state index in [-0.39, 0.29) is 17.6 Å². The summed E-state index contributed by atoms with van der Waals surface area (Å²) in [5.74, 6) is 0.846. The molecule has 1 aliphatic heterocycles. The van der Waals surface area contributed by atoms with Crippen LogP contribution in [0.1, 0.15) is 34.8 Å². The number of hydrogen-bond acceptors (Lipinski definition) is 9. The molecule has 0 saturated carbocycles. The Balaban J connectivity index is 1.37. The standard InChI is InChI=1S/C25H30N6O5/c1-17-4-6-19(7-5-17)23-27-24(36-28-23)18(2)29-11-13-30(14-12-29)25(32)20-8-9-21(26-10-15-35-3)22(16-20)31(33)34/h4-9,16,18,26H,10-15H2,1-3H3. The van der Waals surface area contributed by atoms with Crippen LogP contribution in [0.4, 0.5) is 11.4 Å². The van der Waals surface area contributed by atoms with Crippen LogP contribution >= 0.6 is 0 Å². The summed E-state index contributed by atoms with van der Waals surface area (Å²) >= 11 is 0. The number of nitro groups is 1. The molecule has 1 N–H and O–H groups in total. The minimum absolute atomic E-state index is 0.104. The average Bonchev–Trinajstić information content (AvgIpc) is 3.39. The molecule has 0 bridgehead atoms. The molecular weight excluding hydrogens is 464 g/mol. The van der Waals surface area contributed by atoms with Gasteiger partial charge in [-0.25, -0.2) is 0 Å². The number of ether oxygens (including phenoxy) is 1. The van der Waals surface area contributed by atoms with Gasteiger partial charge in [-0.15, -0.1) is 0 Å². The molecule has 0 spiro atoms. The third-order valence-corrected chi connectivity index (χ3v) is 6.32. The monoisotopic (exact) mass is 494 g/mol. The Bertz CT molecular complexity index is 1200. The molecule has 1 fully saturated rings. The summed E-state index contributed by atoms with van der Waals surface area (Å²) in [4.78, 5) is 32.6. The van der Waals surface area contributed by atoms with E-state index in [1.165, 1.54) is 6.07 Å². The lowest BCUT2D eigenvalue weighted by atomic mass is 10.1. The Morgan fingerprint density at radius 3 is 2.58 bits per heavy atom. The van der Waals surface area contributed by atoms with E-state index in [9.17, 15) is 14.9 Å². The number of methoxy groups -OCH3 is 1. The second kappa shape index (κ2) is 11.3. The maximum absolute atomic E-state index is 13.1. The van der Waals surface area contributed by atoms with Crippen molar-refractivity contribution in [1.29, 1.82) is 0 Å². The number of hydrogen-bond donors (Lipinski definition) is 1. The third-order valence-electron chi connectivity index (χ3n) is 6.32. The fourth-order valence-electron chi connectivity index (χ4n) is 4.13. The molecule has 1 unspecified atom stereocenters. The first-order chi connectivity index (χ1) is 17.4. The van der Waals surface area contributed by atoms with Crippen LogP contribution < -0.4 is 5.32 Å². The molecule has 2 heterocycles. The van der Waals surface area contributed by atoms with Crippen molar-refractivity contribution >= 4 is 17.3 Å². The van der Waals surface area contributed by atoms with E-state index in [0.717, 1.165) is 11.1 Å². The molecule has 11 nitrogen and oxygen atoms in total. The Labute approximate surface area is 209 Å². The summed E-state index contributed by atoms with van der Waals surface area (Å²) in [5, 5.41) is 18.6. The summed E-state index contributed by atoms with van der Waals surface area (Å²) < 4.78 is 10.5. The maximum atomic E-state index is 13.1. The molecule has 190 valence electrons. The van der Waals surface area contributed by atoms with Crippen LogP contribution in [0.5, 0.6) is 0 Å². The zero-order valence-electron chi connectivity index (χ0n) is 20.6. The molecule has 1 aromatic heterocycles. The van der Waals surface area contributed by atoms with E-state index in [2.05, 4.69) is 20.4 Å². The van der Waals surface area contributed by atoms with Crippen LogP contribution in [0.25, 0.3) is 11.4 Å². The van der Waals surface area contributed by atoms with Gasteiger partial charge in [-0.05, 0) is 26.0 Å². The van der Waals surface area contributed by atoms with Gasteiger partial charge in [-0.3, -0.25) is 19.8 Å². The minimum Gasteiger partial charge on any atom is -0.383 e. The first kappa shape index (κ1) is 25.3. The van der Waals surface area contributed by atoms with Crippen LogP contribution in [0.2, 0.25) is 0 Å². The van der Waals surface area contributed by atoms with E-state index in [1.54, 1.807) is 24.1 Å². The SMILES string of the molecule is COCCNc1ccc(C(=O)N2CCN(C(C)c3nc(-c4ccc(C)cc4)no3)CC2)cc1[N+](=O)[O-]. The highest BCUT2D eigenvalue weighted by Crippen LogP contribution is 2.27. The lowest BCUT2D eigenvalue weighted by Gasteiger charge is -2.36. The number of aromatic nitrogens is 2. The molecule has 1 saturated heterocycles. The zero-order chi connectivity index (χ0) is 25.7. The fourth-order valence-corrected chi connectivity index (χ4v) is 4.13. The first-order valence-electron chi connectivity index (χ1n) is 11.8. The molecule has 2 aromatic carbocycles.